The fourth-order valence-corrected chi connectivity index (χ4v) is 3.99. The fraction of sp³-hybridized carbons (Fsp3) is 0.706. The van der Waals surface area contributed by atoms with Gasteiger partial charge in [-0.25, -0.2) is 9.59 Å². The molecule has 2 aliphatic heterocycles. The van der Waals surface area contributed by atoms with Gasteiger partial charge in [0.05, 0.1) is 5.92 Å². The second-order valence-corrected chi connectivity index (χ2v) is 6.94. The van der Waals surface area contributed by atoms with Crippen LogP contribution in [0.3, 0.4) is 0 Å². The van der Waals surface area contributed by atoms with Gasteiger partial charge in [-0.15, -0.1) is 0 Å². The number of hydrogen-bond acceptors (Lipinski definition) is 7. The minimum absolute atomic E-state index is 0.0844. The van der Waals surface area contributed by atoms with Crippen molar-refractivity contribution in [3.05, 3.63) is 12.2 Å². The topological polar surface area (TPSA) is 88.1 Å². The molecular weight excluding hydrogens is 316 g/mol. The predicted octanol–water partition coefficient (Wildman–Crippen LogP) is 2.34. The van der Waals surface area contributed by atoms with Gasteiger partial charge in [0.2, 0.25) is 6.29 Å². The van der Waals surface area contributed by atoms with Crippen LogP contribution in [-0.4, -0.2) is 36.6 Å². The zero-order valence-electron chi connectivity index (χ0n) is 13.9. The van der Waals surface area contributed by atoms with Crippen LogP contribution >= 0.6 is 0 Å². The minimum atomic E-state index is -1.08. The molecule has 24 heavy (non-hydrogen) atoms. The third-order valence-corrected chi connectivity index (χ3v) is 4.95. The zero-order chi connectivity index (χ0) is 17.4. The summed E-state index contributed by atoms with van der Waals surface area (Å²) in [6.45, 7) is 6.37. The molecule has 0 aromatic carbocycles. The van der Waals surface area contributed by atoms with Gasteiger partial charge >= 0.3 is 18.1 Å². The van der Waals surface area contributed by atoms with E-state index < -0.39 is 30.6 Å². The van der Waals surface area contributed by atoms with E-state index in [1.165, 1.54) is 13.8 Å². The molecule has 4 bridgehead atoms. The van der Waals surface area contributed by atoms with Gasteiger partial charge < -0.3 is 18.9 Å². The van der Waals surface area contributed by atoms with Crippen molar-refractivity contribution in [3.63, 3.8) is 0 Å². The van der Waals surface area contributed by atoms with Crippen molar-refractivity contribution >= 4 is 18.1 Å². The molecule has 2 saturated heterocycles. The molecule has 4 fully saturated rings. The monoisotopic (exact) mass is 338 g/mol. The summed E-state index contributed by atoms with van der Waals surface area (Å²) >= 11 is 0. The SMILES string of the molecule is C=C(C)C(=O)OC(C)OC(=O)OC1C2CC3CC(C2)C(=O)OC1C3. The predicted molar refractivity (Wildman–Crippen MR) is 80.5 cm³/mol. The smallest absolute Gasteiger partial charge is 0.458 e. The van der Waals surface area contributed by atoms with Crippen molar-refractivity contribution in [3.8, 4) is 0 Å². The third-order valence-electron chi connectivity index (χ3n) is 4.95. The van der Waals surface area contributed by atoms with Crippen LogP contribution in [0.15, 0.2) is 12.2 Å². The van der Waals surface area contributed by atoms with Crippen LogP contribution in [0.1, 0.15) is 39.5 Å². The van der Waals surface area contributed by atoms with Crippen LogP contribution in [0.5, 0.6) is 0 Å². The number of carbonyl (C=O) groups excluding carboxylic acids is 3. The van der Waals surface area contributed by atoms with E-state index in [1.54, 1.807) is 0 Å². The molecule has 7 heteroatoms. The van der Waals surface area contributed by atoms with Gasteiger partial charge in [0, 0.05) is 18.4 Å². The van der Waals surface area contributed by atoms with Crippen LogP contribution in [-0.2, 0) is 28.5 Å². The molecule has 2 aliphatic carbocycles. The minimum Gasteiger partial charge on any atom is -0.458 e. The fourth-order valence-electron chi connectivity index (χ4n) is 3.99. The molecule has 7 nitrogen and oxygen atoms in total. The van der Waals surface area contributed by atoms with Crippen molar-refractivity contribution in [1.82, 2.24) is 0 Å². The molecule has 4 rings (SSSR count). The highest BCUT2D eigenvalue weighted by Gasteiger charge is 2.52. The van der Waals surface area contributed by atoms with Crippen LogP contribution in [0, 0.1) is 17.8 Å². The highest BCUT2D eigenvalue weighted by atomic mass is 16.8. The molecule has 0 radical (unpaired) electrons. The summed E-state index contributed by atoms with van der Waals surface area (Å²) in [4.78, 5) is 35.4. The Labute approximate surface area is 140 Å². The maximum atomic E-state index is 12.0. The number of rotatable bonds is 4. The lowest BCUT2D eigenvalue weighted by molar-refractivity contribution is -0.171. The number of esters is 2. The summed E-state index contributed by atoms with van der Waals surface area (Å²) < 4.78 is 20.7. The first-order valence-corrected chi connectivity index (χ1v) is 8.27. The molecule has 0 spiro atoms. The molecule has 0 amide bonds. The number of ether oxygens (including phenoxy) is 4. The normalized spacial score (nSPS) is 34.8. The zero-order valence-corrected chi connectivity index (χ0v) is 13.9. The quantitative estimate of drug-likeness (QED) is 0.336. The van der Waals surface area contributed by atoms with E-state index in [4.69, 9.17) is 18.9 Å². The van der Waals surface area contributed by atoms with Crippen molar-refractivity contribution in [2.75, 3.05) is 0 Å². The maximum Gasteiger partial charge on any atom is 0.511 e. The van der Waals surface area contributed by atoms with Crippen LogP contribution in [0.25, 0.3) is 0 Å². The summed E-state index contributed by atoms with van der Waals surface area (Å²) in [5.74, 6) is -0.346. The molecule has 132 valence electrons. The summed E-state index contributed by atoms with van der Waals surface area (Å²) in [5, 5.41) is 0. The molecule has 0 aromatic heterocycles. The van der Waals surface area contributed by atoms with E-state index in [0.29, 0.717) is 12.3 Å². The summed E-state index contributed by atoms with van der Waals surface area (Å²) in [6.07, 6.45) is 0.301. The van der Waals surface area contributed by atoms with Gasteiger partial charge in [0.15, 0.2) is 0 Å². The van der Waals surface area contributed by atoms with E-state index >= 15 is 0 Å². The largest absolute Gasteiger partial charge is 0.511 e. The van der Waals surface area contributed by atoms with Crippen molar-refractivity contribution < 1.29 is 33.3 Å². The number of hydrogen-bond donors (Lipinski definition) is 0. The lowest BCUT2D eigenvalue weighted by atomic mass is 9.67. The van der Waals surface area contributed by atoms with Crippen molar-refractivity contribution in [1.29, 1.82) is 0 Å². The molecular formula is C17H22O7. The van der Waals surface area contributed by atoms with Crippen molar-refractivity contribution in [2.45, 2.75) is 58.0 Å². The van der Waals surface area contributed by atoms with Gasteiger partial charge in [0.25, 0.3) is 0 Å². The molecule has 0 aromatic rings. The Morgan fingerprint density at radius 2 is 1.96 bits per heavy atom. The highest BCUT2D eigenvalue weighted by Crippen LogP contribution is 2.48. The van der Waals surface area contributed by atoms with Gasteiger partial charge in [-0.1, -0.05) is 6.58 Å². The maximum absolute atomic E-state index is 12.0. The second-order valence-electron chi connectivity index (χ2n) is 6.94. The number of fused-ring (bicyclic) bond motifs is 1. The van der Waals surface area contributed by atoms with Gasteiger partial charge in [-0.3, -0.25) is 4.79 Å². The highest BCUT2D eigenvalue weighted by molar-refractivity contribution is 5.87. The van der Waals surface area contributed by atoms with Crippen molar-refractivity contribution in [2.24, 2.45) is 17.8 Å². The lowest BCUT2D eigenvalue weighted by Gasteiger charge is -2.41. The Balaban J connectivity index is 1.57. The molecule has 4 aliphatic rings. The molecule has 6 unspecified atom stereocenters. The first kappa shape index (κ1) is 16.8. The average molecular weight is 338 g/mol. The Morgan fingerprint density at radius 3 is 2.67 bits per heavy atom. The third kappa shape index (κ3) is 3.39. The van der Waals surface area contributed by atoms with Crippen LogP contribution in [0.2, 0.25) is 0 Å². The second kappa shape index (κ2) is 6.45. The Kier molecular flexibility index (Phi) is 4.51. The van der Waals surface area contributed by atoms with Gasteiger partial charge in [0.1, 0.15) is 12.2 Å². The Morgan fingerprint density at radius 1 is 1.21 bits per heavy atom. The van der Waals surface area contributed by atoms with E-state index in [9.17, 15) is 14.4 Å². The summed E-state index contributed by atoms with van der Waals surface area (Å²) in [6, 6.07) is 0. The Bertz CT molecular complexity index is 569. The molecule has 6 atom stereocenters. The molecule has 2 saturated carbocycles. The Hall–Kier alpha value is -2.05. The van der Waals surface area contributed by atoms with Gasteiger partial charge in [-0.05, 0) is 38.5 Å². The molecule has 0 N–H and O–H groups in total. The van der Waals surface area contributed by atoms with E-state index in [1.807, 2.05) is 0 Å². The van der Waals surface area contributed by atoms with Crippen LogP contribution in [0.4, 0.5) is 4.79 Å². The first-order chi connectivity index (χ1) is 11.3. The van der Waals surface area contributed by atoms with E-state index in [-0.39, 0.29) is 23.4 Å². The molecule has 2 heterocycles. The average Bonchev–Trinajstić information content (AvgIpc) is 2.65. The van der Waals surface area contributed by atoms with Crippen LogP contribution < -0.4 is 0 Å². The lowest BCUT2D eigenvalue weighted by Crippen LogP contribution is -2.45. The van der Waals surface area contributed by atoms with E-state index in [2.05, 4.69) is 6.58 Å². The first-order valence-electron chi connectivity index (χ1n) is 8.27. The van der Waals surface area contributed by atoms with E-state index in [0.717, 1.165) is 19.3 Å². The van der Waals surface area contributed by atoms with Gasteiger partial charge in [-0.2, -0.15) is 0 Å². The number of carbonyl (C=O) groups is 3. The summed E-state index contributed by atoms with van der Waals surface area (Å²) in [7, 11) is 0. The summed E-state index contributed by atoms with van der Waals surface area (Å²) in [5.41, 5.74) is 0.211. The standard InChI is InChI=1S/C17H22O7/c1-8(2)15(18)21-9(3)22-17(20)24-14-11-4-10-5-12(7-11)16(19)23-13(14)6-10/h9-14H,1,4-7H2,2-3H3.